The quantitative estimate of drug-likeness (QED) is 0.609. The third-order valence-corrected chi connectivity index (χ3v) is 6.09. The first-order valence-electron chi connectivity index (χ1n) is 11.0. The van der Waals surface area contributed by atoms with Crippen molar-refractivity contribution < 1.29 is 37.4 Å². The highest BCUT2D eigenvalue weighted by molar-refractivity contribution is 6.05. The molecule has 3 aliphatic rings. The summed E-state index contributed by atoms with van der Waals surface area (Å²) in [4.78, 5) is 50.1. The van der Waals surface area contributed by atoms with Crippen molar-refractivity contribution in [1.29, 1.82) is 0 Å². The minimum atomic E-state index is -2.82. The van der Waals surface area contributed by atoms with Crippen LogP contribution < -0.4 is 15.4 Å². The molecule has 2 aromatic carbocycles. The van der Waals surface area contributed by atoms with E-state index in [1.165, 1.54) is 17.0 Å². The maximum Gasteiger partial charge on any atom is 0.411 e. The van der Waals surface area contributed by atoms with Crippen LogP contribution in [-0.4, -0.2) is 46.8 Å². The number of nitrogens with one attached hydrogen (secondary N) is 2. The normalized spacial score (nSPS) is 22.3. The van der Waals surface area contributed by atoms with Gasteiger partial charge in [0.2, 0.25) is 11.8 Å². The number of halogens is 2. The van der Waals surface area contributed by atoms with Crippen molar-refractivity contribution in [1.82, 2.24) is 10.2 Å². The molecule has 0 radical (unpaired) electrons. The van der Waals surface area contributed by atoms with E-state index in [0.29, 0.717) is 16.8 Å². The van der Waals surface area contributed by atoms with Gasteiger partial charge in [0.1, 0.15) is 18.4 Å². The van der Waals surface area contributed by atoms with Crippen molar-refractivity contribution in [3.63, 3.8) is 0 Å². The van der Waals surface area contributed by atoms with Gasteiger partial charge in [-0.15, -0.1) is 0 Å². The van der Waals surface area contributed by atoms with E-state index >= 15 is 0 Å². The SMILES string of the molecule is O=C1CCC(N2Cc3ccc(COC(=O)Nc4cccc(OC5CC5(F)F)c4)cc3C2=O)C(=O)N1. The number of ether oxygens (including phenoxy) is 2. The lowest BCUT2D eigenvalue weighted by Gasteiger charge is -2.29. The molecule has 1 aliphatic carbocycles. The molecule has 9 nitrogen and oxygen atoms in total. The molecule has 0 aromatic heterocycles. The Kier molecular flexibility index (Phi) is 5.62. The molecule has 5 rings (SSSR count). The Morgan fingerprint density at radius 3 is 2.71 bits per heavy atom. The zero-order chi connectivity index (χ0) is 24.7. The van der Waals surface area contributed by atoms with Gasteiger partial charge in [0.15, 0.2) is 6.10 Å². The topological polar surface area (TPSA) is 114 Å². The smallest absolute Gasteiger partial charge is 0.411 e. The summed E-state index contributed by atoms with van der Waals surface area (Å²) < 4.78 is 36.5. The molecule has 2 fully saturated rings. The molecule has 2 heterocycles. The molecule has 2 aliphatic heterocycles. The van der Waals surface area contributed by atoms with Crippen LogP contribution in [0, 0.1) is 0 Å². The molecular formula is C24H21F2N3O6. The molecule has 11 heteroatoms. The molecule has 0 spiro atoms. The number of amides is 4. The van der Waals surface area contributed by atoms with Gasteiger partial charge in [0.05, 0.1) is 6.42 Å². The minimum Gasteiger partial charge on any atom is -0.484 e. The molecule has 182 valence electrons. The number of fused-ring (bicyclic) bond motifs is 1. The highest BCUT2D eigenvalue weighted by atomic mass is 19.3. The number of nitrogens with zero attached hydrogens (tertiary/aromatic N) is 1. The second-order valence-electron chi connectivity index (χ2n) is 8.69. The lowest BCUT2D eigenvalue weighted by Crippen LogP contribution is -2.52. The molecule has 0 bridgehead atoms. The zero-order valence-corrected chi connectivity index (χ0v) is 18.4. The molecule has 1 saturated heterocycles. The monoisotopic (exact) mass is 485 g/mol. The van der Waals surface area contributed by atoms with Gasteiger partial charge in [0.25, 0.3) is 11.8 Å². The van der Waals surface area contributed by atoms with Gasteiger partial charge in [-0.25, -0.2) is 13.6 Å². The van der Waals surface area contributed by atoms with Crippen molar-refractivity contribution in [2.75, 3.05) is 5.32 Å². The van der Waals surface area contributed by atoms with Crippen LogP contribution in [0.15, 0.2) is 42.5 Å². The summed E-state index contributed by atoms with van der Waals surface area (Å²) in [6, 6.07) is 10.4. The number of anilines is 1. The fraction of sp³-hybridized carbons (Fsp3) is 0.333. The van der Waals surface area contributed by atoms with E-state index in [1.807, 2.05) is 0 Å². The lowest BCUT2D eigenvalue weighted by atomic mass is 10.0. The van der Waals surface area contributed by atoms with Crippen molar-refractivity contribution in [2.45, 2.75) is 50.5 Å². The van der Waals surface area contributed by atoms with E-state index in [4.69, 9.17) is 9.47 Å². The number of alkyl halides is 2. The number of piperidine rings is 1. The third kappa shape index (κ3) is 4.79. The number of carbonyl (C=O) groups is 4. The van der Waals surface area contributed by atoms with Gasteiger partial charge in [0, 0.05) is 30.3 Å². The van der Waals surface area contributed by atoms with E-state index in [-0.39, 0.29) is 50.0 Å². The number of rotatable bonds is 6. The van der Waals surface area contributed by atoms with Crippen LogP contribution in [0.5, 0.6) is 5.75 Å². The van der Waals surface area contributed by atoms with Crippen molar-refractivity contribution in [2.24, 2.45) is 0 Å². The number of benzene rings is 2. The van der Waals surface area contributed by atoms with E-state index in [9.17, 15) is 28.0 Å². The van der Waals surface area contributed by atoms with Crippen molar-refractivity contribution in [3.05, 3.63) is 59.2 Å². The molecule has 2 atom stereocenters. The number of hydrogen-bond acceptors (Lipinski definition) is 6. The van der Waals surface area contributed by atoms with Crippen LogP contribution in [0.1, 0.15) is 40.7 Å². The summed E-state index contributed by atoms with van der Waals surface area (Å²) in [5, 5.41) is 4.77. The van der Waals surface area contributed by atoms with E-state index in [1.54, 1.807) is 30.3 Å². The standard InChI is InChI=1S/C24H21F2N3O6/c25-24(26)10-19(24)35-16-3-1-2-15(9-16)27-23(33)34-12-13-4-5-14-11-29(22(32)17(14)8-13)18-6-7-20(30)28-21(18)31/h1-5,8-9,18-19H,6-7,10-12H2,(H,27,33)(H,28,30,31). The highest BCUT2D eigenvalue weighted by Gasteiger charge is 2.59. The summed E-state index contributed by atoms with van der Waals surface area (Å²) in [6.45, 7) is 0.141. The third-order valence-electron chi connectivity index (χ3n) is 6.09. The summed E-state index contributed by atoms with van der Waals surface area (Å²) in [5.41, 5.74) is 2.05. The highest BCUT2D eigenvalue weighted by Crippen LogP contribution is 2.44. The second-order valence-corrected chi connectivity index (χ2v) is 8.69. The molecule has 1 saturated carbocycles. The van der Waals surface area contributed by atoms with Crippen molar-refractivity contribution in [3.8, 4) is 5.75 Å². The molecule has 4 amide bonds. The fourth-order valence-electron chi connectivity index (χ4n) is 4.12. The Labute approximate surface area is 198 Å². The largest absolute Gasteiger partial charge is 0.484 e. The Balaban J connectivity index is 1.17. The number of carbonyl (C=O) groups excluding carboxylic acids is 4. The van der Waals surface area contributed by atoms with E-state index < -0.39 is 30.1 Å². The van der Waals surface area contributed by atoms with Gasteiger partial charge in [-0.05, 0) is 35.7 Å². The Bertz CT molecular complexity index is 1230. The first-order valence-corrected chi connectivity index (χ1v) is 11.0. The van der Waals surface area contributed by atoms with Crippen LogP contribution in [0.25, 0.3) is 0 Å². The Hall–Kier alpha value is -4.02. The minimum absolute atomic E-state index is 0.116. The van der Waals surface area contributed by atoms with E-state index in [2.05, 4.69) is 10.6 Å². The van der Waals surface area contributed by atoms with E-state index in [0.717, 1.165) is 5.56 Å². The van der Waals surface area contributed by atoms with Crippen LogP contribution in [0.4, 0.5) is 19.3 Å². The van der Waals surface area contributed by atoms with Crippen LogP contribution in [0.2, 0.25) is 0 Å². The van der Waals surface area contributed by atoms with Crippen LogP contribution >= 0.6 is 0 Å². The first-order chi connectivity index (χ1) is 16.7. The lowest BCUT2D eigenvalue weighted by molar-refractivity contribution is -0.136. The number of imide groups is 1. The van der Waals surface area contributed by atoms with Gasteiger partial charge >= 0.3 is 6.09 Å². The summed E-state index contributed by atoms with van der Waals surface area (Å²) in [6.07, 6.45) is -1.81. The first kappa shape index (κ1) is 22.8. The van der Waals surface area contributed by atoms with Gasteiger partial charge in [-0.3, -0.25) is 25.0 Å². The Morgan fingerprint density at radius 1 is 1.17 bits per heavy atom. The van der Waals surface area contributed by atoms with Gasteiger partial charge in [-0.2, -0.15) is 0 Å². The molecule has 2 aromatic rings. The average Bonchev–Trinajstić information content (AvgIpc) is 3.27. The van der Waals surface area contributed by atoms with Crippen molar-refractivity contribution >= 4 is 29.5 Å². The predicted octanol–water partition coefficient (Wildman–Crippen LogP) is 2.98. The maximum absolute atomic E-state index is 13.0. The molecular weight excluding hydrogens is 464 g/mol. The average molecular weight is 485 g/mol. The fourth-order valence-corrected chi connectivity index (χ4v) is 4.12. The molecule has 2 N–H and O–H groups in total. The van der Waals surface area contributed by atoms with Gasteiger partial charge < -0.3 is 14.4 Å². The predicted molar refractivity (Wildman–Crippen MR) is 117 cm³/mol. The zero-order valence-electron chi connectivity index (χ0n) is 18.4. The Morgan fingerprint density at radius 2 is 1.97 bits per heavy atom. The number of hydrogen-bond donors (Lipinski definition) is 2. The molecule has 35 heavy (non-hydrogen) atoms. The maximum atomic E-state index is 13.0. The summed E-state index contributed by atoms with van der Waals surface area (Å²) in [7, 11) is 0. The van der Waals surface area contributed by atoms with Crippen LogP contribution in [-0.2, 0) is 27.5 Å². The summed E-state index contributed by atoms with van der Waals surface area (Å²) in [5.74, 6) is -3.76. The summed E-state index contributed by atoms with van der Waals surface area (Å²) >= 11 is 0. The second kappa shape index (κ2) is 8.64. The van der Waals surface area contributed by atoms with Gasteiger partial charge in [-0.1, -0.05) is 18.2 Å². The molecule has 2 unspecified atom stereocenters. The van der Waals surface area contributed by atoms with Crippen LogP contribution in [0.3, 0.4) is 0 Å².